The average molecular weight is 404 g/mol. The smallest absolute Gasteiger partial charge is 0.200 e. The highest BCUT2D eigenvalue weighted by Crippen LogP contribution is 2.33. The molecule has 4 aromatic rings. The van der Waals surface area contributed by atoms with Gasteiger partial charge < -0.3 is 9.47 Å². The molecule has 0 radical (unpaired) electrons. The molecular weight excluding hydrogens is 382 g/mol. The van der Waals surface area contributed by atoms with Gasteiger partial charge in [0.1, 0.15) is 6.61 Å². The van der Waals surface area contributed by atoms with E-state index in [2.05, 4.69) is 29.3 Å². The van der Waals surface area contributed by atoms with Crippen molar-refractivity contribution in [2.24, 2.45) is 0 Å². The normalized spacial score (nSPS) is 10.7. The number of hydrogen-bond acceptors (Lipinski definition) is 4. The van der Waals surface area contributed by atoms with Crippen LogP contribution in [0.5, 0.6) is 11.5 Å². The molecule has 0 aliphatic heterocycles. The summed E-state index contributed by atoms with van der Waals surface area (Å²) in [6, 6.07) is 23.9. The molecule has 0 unspecified atom stereocenters. The topological polar surface area (TPSA) is 52.1 Å². The molecule has 29 heavy (non-hydrogen) atoms. The van der Waals surface area contributed by atoms with Crippen molar-refractivity contribution in [2.75, 3.05) is 7.11 Å². The molecule has 0 aliphatic rings. The second-order valence-corrected chi connectivity index (χ2v) is 7.05. The van der Waals surface area contributed by atoms with Gasteiger partial charge in [-0.25, -0.2) is 0 Å². The first-order chi connectivity index (χ1) is 14.2. The van der Waals surface area contributed by atoms with Crippen LogP contribution in [0.15, 0.2) is 72.8 Å². The number of aromatic amines is 1. The predicted octanol–water partition coefficient (Wildman–Crippen LogP) is 5.49. The van der Waals surface area contributed by atoms with E-state index in [9.17, 15) is 0 Å². The lowest BCUT2D eigenvalue weighted by Crippen LogP contribution is -2.00. The third kappa shape index (κ3) is 4.07. The molecule has 0 aliphatic carbocycles. The lowest BCUT2D eigenvalue weighted by atomic mass is 10.1. The highest BCUT2D eigenvalue weighted by Gasteiger charge is 2.14. The van der Waals surface area contributed by atoms with Crippen LogP contribution in [-0.4, -0.2) is 21.9 Å². The maximum absolute atomic E-state index is 5.96. The molecule has 0 bridgehead atoms. The Hall–Kier alpha value is -3.38. The number of benzene rings is 3. The largest absolute Gasteiger partial charge is 0.493 e. The predicted molar refractivity (Wildman–Crippen MR) is 116 cm³/mol. The van der Waals surface area contributed by atoms with Crippen LogP contribution >= 0.6 is 12.2 Å². The molecule has 0 atom stereocenters. The molecule has 1 N–H and O–H groups in total. The first-order valence-electron chi connectivity index (χ1n) is 9.25. The van der Waals surface area contributed by atoms with Gasteiger partial charge in [0, 0.05) is 11.3 Å². The van der Waals surface area contributed by atoms with Crippen LogP contribution in [0.3, 0.4) is 0 Å². The Morgan fingerprint density at radius 1 is 0.966 bits per heavy atom. The lowest BCUT2D eigenvalue weighted by molar-refractivity contribution is 0.284. The number of hydrogen-bond donors (Lipinski definition) is 1. The van der Waals surface area contributed by atoms with Crippen LogP contribution in [0, 0.1) is 11.7 Å². The molecule has 146 valence electrons. The third-order valence-electron chi connectivity index (χ3n) is 4.62. The van der Waals surface area contributed by atoms with Gasteiger partial charge in [-0.2, -0.15) is 5.10 Å². The summed E-state index contributed by atoms with van der Waals surface area (Å²) in [4.78, 5) is 0. The molecule has 1 heterocycles. The molecule has 6 heteroatoms. The summed E-state index contributed by atoms with van der Waals surface area (Å²) >= 11 is 5.46. The number of H-pyrrole nitrogens is 1. The molecular formula is C23H21N3O2S. The second-order valence-electron chi connectivity index (χ2n) is 6.66. The second kappa shape index (κ2) is 8.32. The van der Waals surface area contributed by atoms with Gasteiger partial charge in [0.25, 0.3) is 0 Å². The summed E-state index contributed by atoms with van der Waals surface area (Å²) in [6.45, 7) is 2.52. The Kier molecular flexibility index (Phi) is 5.44. The van der Waals surface area contributed by atoms with E-state index in [0.29, 0.717) is 28.7 Å². The molecule has 5 nitrogen and oxygen atoms in total. The molecule has 0 fully saturated rings. The summed E-state index contributed by atoms with van der Waals surface area (Å²) in [5.74, 6) is 2.03. The highest BCUT2D eigenvalue weighted by atomic mass is 32.1. The van der Waals surface area contributed by atoms with Crippen LogP contribution in [0.1, 0.15) is 11.1 Å². The van der Waals surface area contributed by atoms with Crippen LogP contribution in [-0.2, 0) is 6.61 Å². The Labute approximate surface area is 174 Å². The van der Waals surface area contributed by atoms with E-state index in [-0.39, 0.29) is 0 Å². The zero-order valence-corrected chi connectivity index (χ0v) is 17.1. The van der Waals surface area contributed by atoms with Crippen molar-refractivity contribution >= 4 is 12.2 Å². The summed E-state index contributed by atoms with van der Waals surface area (Å²) in [5, 5.41) is 7.32. The third-order valence-corrected chi connectivity index (χ3v) is 4.90. The van der Waals surface area contributed by atoms with E-state index in [4.69, 9.17) is 21.7 Å². The van der Waals surface area contributed by atoms with Gasteiger partial charge in [0.05, 0.1) is 7.11 Å². The van der Waals surface area contributed by atoms with Crippen LogP contribution in [0.4, 0.5) is 0 Å². The maximum atomic E-state index is 5.96. The van der Waals surface area contributed by atoms with Crippen molar-refractivity contribution in [3.05, 3.63) is 88.7 Å². The van der Waals surface area contributed by atoms with E-state index in [1.807, 2.05) is 65.2 Å². The number of aromatic nitrogens is 3. The van der Waals surface area contributed by atoms with Gasteiger partial charge >= 0.3 is 0 Å². The summed E-state index contributed by atoms with van der Waals surface area (Å²) < 4.78 is 14.0. The Morgan fingerprint density at radius 2 is 1.72 bits per heavy atom. The first-order valence-corrected chi connectivity index (χ1v) is 9.66. The van der Waals surface area contributed by atoms with Gasteiger partial charge in [0.2, 0.25) is 0 Å². The number of aryl methyl sites for hydroxylation is 1. The average Bonchev–Trinajstić information content (AvgIpc) is 3.15. The van der Waals surface area contributed by atoms with Gasteiger partial charge in [-0.3, -0.25) is 9.67 Å². The standard InChI is InChI=1S/C23H21N3O2S/c1-16-8-11-19(12-9-16)26-22(24-25-23(26)29)18-10-13-20(21(14-18)27-2)28-15-17-6-4-3-5-7-17/h3-14H,15H2,1-2H3,(H,25,29). The van der Waals surface area contributed by atoms with E-state index in [0.717, 1.165) is 16.8 Å². The number of ether oxygens (including phenoxy) is 2. The summed E-state index contributed by atoms with van der Waals surface area (Å²) in [7, 11) is 1.63. The van der Waals surface area contributed by atoms with Gasteiger partial charge in [0.15, 0.2) is 22.1 Å². The van der Waals surface area contributed by atoms with Crippen LogP contribution < -0.4 is 9.47 Å². The molecule has 0 saturated heterocycles. The Balaban J connectivity index is 1.66. The number of nitrogens with one attached hydrogen (secondary N) is 1. The van der Waals surface area contributed by atoms with Crippen molar-refractivity contribution < 1.29 is 9.47 Å². The number of rotatable bonds is 6. The fourth-order valence-electron chi connectivity index (χ4n) is 3.09. The van der Waals surface area contributed by atoms with Crippen molar-refractivity contribution in [1.82, 2.24) is 14.8 Å². The van der Waals surface area contributed by atoms with Gasteiger partial charge in [-0.05, 0) is 55.0 Å². The van der Waals surface area contributed by atoms with Gasteiger partial charge in [-0.1, -0.05) is 48.0 Å². The molecule has 0 spiro atoms. The maximum Gasteiger partial charge on any atom is 0.200 e. The fourth-order valence-corrected chi connectivity index (χ4v) is 3.32. The van der Waals surface area contributed by atoms with E-state index in [1.165, 1.54) is 5.56 Å². The quantitative estimate of drug-likeness (QED) is 0.432. The SMILES string of the molecule is COc1cc(-c2n[nH]c(=S)n2-c2ccc(C)cc2)ccc1OCc1ccccc1. The van der Waals surface area contributed by atoms with Gasteiger partial charge in [-0.15, -0.1) is 0 Å². The number of methoxy groups -OCH3 is 1. The monoisotopic (exact) mass is 403 g/mol. The molecule has 1 aromatic heterocycles. The molecule has 0 amide bonds. The minimum Gasteiger partial charge on any atom is -0.493 e. The summed E-state index contributed by atoms with van der Waals surface area (Å²) in [5.41, 5.74) is 4.11. The zero-order chi connectivity index (χ0) is 20.2. The Morgan fingerprint density at radius 3 is 2.45 bits per heavy atom. The zero-order valence-electron chi connectivity index (χ0n) is 16.3. The van der Waals surface area contributed by atoms with E-state index in [1.54, 1.807) is 7.11 Å². The lowest BCUT2D eigenvalue weighted by Gasteiger charge is -2.13. The van der Waals surface area contributed by atoms with Crippen molar-refractivity contribution in [1.29, 1.82) is 0 Å². The Bertz CT molecular complexity index is 1160. The highest BCUT2D eigenvalue weighted by molar-refractivity contribution is 7.71. The molecule has 4 rings (SSSR count). The van der Waals surface area contributed by atoms with Crippen molar-refractivity contribution in [3.63, 3.8) is 0 Å². The first kappa shape index (κ1) is 19.0. The van der Waals surface area contributed by atoms with Crippen molar-refractivity contribution in [2.45, 2.75) is 13.5 Å². The minimum atomic E-state index is 0.471. The van der Waals surface area contributed by atoms with Crippen LogP contribution in [0.2, 0.25) is 0 Å². The van der Waals surface area contributed by atoms with E-state index < -0.39 is 0 Å². The minimum absolute atomic E-state index is 0.471. The van der Waals surface area contributed by atoms with E-state index >= 15 is 0 Å². The number of nitrogens with zero attached hydrogens (tertiary/aromatic N) is 2. The molecule has 0 saturated carbocycles. The summed E-state index contributed by atoms with van der Waals surface area (Å²) in [6.07, 6.45) is 0. The fraction of sp³-hybridized carbons (Fsp3) is 0.130. The van der Waals surface area contributed by atoms with Crippen LogP contribution in [0.25, 0.3) is 17.1 Å². The molecule has 3 aromatic carbocycles. The van der Waals surface area contributed by atoms with Crippen molar-refractivity contribution in [3.8, 4) is 28.6 Å².